The van der Waals surface area contributed by atoms with Crippen LogP contribution in [-0.2, 0) is 19.0 Å². The Morgan fingerprint density at radius 1 is 0.846 bits per heavy atom. The van der Waals surface area contributed by atoms with Crippen molar-refractivity contribution in [1.82, 2.24) is 0 Å². The van der Waals surface area contributed by atoms with E-state index < -0.39 is 0 Å². The van der Waals surface area contributed by atoms with Crippen molar-refractivity contribution in [2.75, 3.05) is 19.8 Å². The predicted octanol–water partition coefficient (Wildman–Crippen LogP) is 6.04. The molecular weight excluding hydrogens is 328 g/mol. The summed E-state index contributed by atoms with van der Waals surface area (Å²) < 4.78 is 16.9. The average molecular weight is 371 g/mol. The van der Waals surface area contributed by atoms with E-state index in [-0.39, 0.29) is 12.3 Å². The molecule has 154 valence electrons. The van der Waals surface area contributed by atoms with Gasteiger partial charge in [-0.1, -0.05) is 58.4 Å². The minimum atomic E-state index is -0.306. The zero-order chi connectivity index (χ0) is 19.6. The van der Waals surface area contributed by atoms with Gasteiger partial charge in [0, 0.05) is 24.7 Å². The second kappa shape index (κ2) is 17.5. The average Bonchev–Trinajstić information content (AvgIpc) is 2.62. The normalized spacial score (nSPS) is 12.3. The summed E-state index contributed by atoms with van der Waals surface area (Å²) in [6.45, 7) is 13.3. The Morgan fingerprint density at radius 2 is 1.38 bits per heavy atom. The summed E-state index contributed by atoms with van der Waals surface area (Å²) >= 11 is 0. The zero-order valence-electron chi connectivity index (χ0n) is 17.7. The first-order chi connectivity index (χ1) is 12.6. The van der Waals surface area contributed by atoms with Crippen molar-refractivity contribution in [2.24, 2.45) is 5.92 Å². The van der Waals surface area contributed by atoms with E-state index in [9.17, 15) is 4.79 Å². The molecule has 26 heavy (non-hydrogen) atoms. The summed E-state index contributed by atoms with van der Waals surface area (Å²) in [4.78, 5) is 11.5. The van der Waals surface area contributed by atoms with Crippen molar-refractivity contribution in [1.29, 1.82) is 0 Å². The lowest BCUT2D eigenvalue weighted by molar-refractivity contribution is -0.170. The molecule has 1 atom stereocenters. The smallest absolute Gasteiger partial charge is 0.333 e. The molecule has 0 aliphatic heterocycles. The molecule has 4 nitrogen and oxygen atoms in total. The van der Waals surface area contributed by atoms with E-state index in [1.165, 1.54) is 44.9 Å². The largest absolute Gasteiger partial charge is 0.462 e. The highest BCUT2D eigenvalue weighted by Gasteiger charge is 2.22. The van der Waals surface area contributed by atoms with Crippen LogP contribution in [-0.4, -0.2) is 32.1 Å². The maximum Gasteiger partial charge on any atom is 0.333 e. The highest BCUT2D eigenvalue weighted by molar-refractivity contribution is 5.86. The van der Waals surface area contributed by atoms with Gasteiger partial charge in [0.1, 0.15) is 0 Å². The third kappa shape index (κ3) is 13.3. The molecule has 0 aromatic heterocycles. The molecule has 0 saturated heterocycles. The molecule has 4 heteroatoms. The zero-order valence-corrected chi connectivity index (χ0v) is 17.7. The van der Waals surface area contributed by atoms with Gasteiger partial charge in [0.2, 0.25) is 0 Å². The van der Waals surface area contributed by atoms with Gasteiger partial charge in [-0.3, -0.25) is 0 Å². The lowest BCUT2D eigenvalue weighted by Crippen LogP contribution is -2.28. The Balaban J connectivity index is 4.27. The van der Waals surface area contributed by atoms with E-state index in [0.29, 0.717) is 31.3 Å². The summed E-state index contributed by atoms with van der Waals surface area (Å²) in [5.41, 5.74) is 0.450. The van der Waals surface area contributed by atoms with Crippen LogP contribution < -0.4 is 0 Å². The van der Waals surface area contributed by atoms with Crippen LogP contribution in [0.25, 0.3) is 0 Å². The van der Waals surface area contributed by atoms with E-state index in [1.807, 2.05) is 13.8 Å². The summed E-state index contributed by atoms with van der Waals surface area (Å²) in [5, 5.41) is 0. The molecule has 0 fully saturated rings. The molecule has 0 bridgehead atoms. The minimum Gasteiger partial charge on any atom is -0.462 e. The Morgan fingerprint density at radius 3 is 1.92 bits per heavy atom. The number of hydrogen-bond acceptors (Lipinski definition) is 4. The van der Waals surface area contributed by atoms with E-state index >= 15 is 0 Å². The maximum absolute atomic E-state index is 11.5. The highest BCUT2D eigenvalue weighted by atomic mass is 16.7. The fourth-order valence-corrected chi connectivity index (χ4v) is 3.06. The molecule has 0 aromatic carbocycles. The van der Waals surface area contributed by atoms with Gasteiger partial charge >= 0.3 is 5.97 Å². The fourth-order valence-electron chi connectivity index (χ4n) is 3.06. The first-order valence-electron chi connectivity index (χ1n) is 10.6. The number of carbonyl (C=O) groups excluding carboxylic acids is 1. The van der Waals surface area contributed by atoms with Gasteiger partial charge in [-0.15, -0.1) is 0 Å². The van der Waals surface area contributed by atoms with Crippen molar-refractivity contribution in [3.63, 3.8) is 0 Å². The van der Waals surface area contributed by atoms with Crippen molar-refractivity contribution < 1.29 is 19.0 Å². The van der Waals surface area contributed by atoms with Crippen LogP contribution in [0.2, 0.25) is 0 Å². The molecule has 0 spiro atoms. The Kier molecular flexibility index (Phi) is 17.0. The first-order valence-corrected chi connectivity index (χ1v) is 10.6. The van der Waals surface area contributed by atoms with Crippen LogP contribution in [0, 0.1) is 5.92 Å². The van der Waals surface area contributed by atoms with Crippen molar-refractivity contribution in [2.45, 2.75) is 98.2 Å². The van der Waals surface area contributed by atoms with Gasteiger partial charge in [0.05, 0.1) is 6.61 Å². The van der Waals surface area contributed by atoms with Crippen LogP contribution in [0.4, 0.5) is 0 Å². The maximum atomic E-state index is 11.5. The molecule has 0 amide bonds. The third-order valence-electron chi connectivity index (χ3n) is 4.53. The Bertz CT molecular complexity index is 348. The van der Waals surface area contributed by atoms with Gasteiger partial charge in [-0.05, 0) is 40.0 Å². The highest BCUT2D eigenvalue weighted by Crippen LogP contribution is 2.23. The molecule has 0 saturated carbocycles. The number of esters is 1. The number of carbonyl (C=O) groups is 1. The van der Waals surface area contributed by atoms with Gasteiger partial charge in [-0.25, -0.2) is 4.79 Å². The van der Waals surface area contributed by atoms with Gasteiger partial charge in [-0.2, -0.15) is 0 Å². The molecule has 0 rings (SSSR count). The van der Waals surface area contributed by atoms with Gasteiger partial charge in [0.25, 0.3) is 0 Å². The molecular formula is C22H42O4. The lowest BCUT2D eigenvalue weighted by atomic mass is 9.95. The summed E-state index contributed by atoms with van der Waals surface area (Å²) in [5.74, 6) is 0.0499. The van der Waals surface area contributed by atoms with Crippen LogP contribution in [0.5, 0.6) is 0 Å². The summed E-state index contributed by atoms with van der Waals surface area (Å²) in [6, 6.07) is 0. The van der Waals surface area contributed by atoms with Crippen molar-refractivity contribution in [3.05, 3.63) is 12.2 Å². The monoisotopic (exact) mass is 370 g/mol. The third-order valence-corrected chi connectivity index (χ3v) is 4.53. The molecule has 0 heterocycles. The van der Waals surface area contributed by atoms with E-state index in [0.717, 1.165) is 19.3 Å². The standard InChI is InChI=1S/C22H42O4/c1-6-9-10-11-12-13-14-16-20(22(24-7-2)25-8-3)17-15-18-26-21(23)19(4)5/h20,22H,4,6-18H2,1-3,5H3. The van der Waals surface area contributed by atoms with Crippen LogP contribution >= 0.6 is 0 Å². The quantitative estimate of drug-likeness (QED) is 0.128. The topological polar surface area (TPSA) is 44.8 Å². The Hall–Kier alpha value is -0.870. The number of ether oxygens (including phenoxy) is 3. The molecule has 0 aromatic rings. The number of unbranched alkanes of at least 4 members (excludes halogenated alkanes) is 6. The van der Waals surface area contributed by atoms with Crippen molar-refractivity contribution >= 4 is 5.97 Å². The van der Waals surface area contributed by atoms with E-state index in [1.54, 1.807) is 6.92 Å². The number of rotatable bonds is 18. The summed E-state index contributed by atoms with van der Waals surface area (Å²) in [6.07, 6.45) is 11.9. The predicted molar refractivity (Wildman–Crippen MR) is 108 cm³/mol. The van der Waals surface area contributed by atoms with Crippen LogP contribution in [0.15, 0.2) is 12.2 Å². The Labute approximate surface area is 161 Å². The minimum absolute atomic E-state index is 0.151. The molecule has 0 N–H and O–H groups in total. The second-order valence-electron chi connectivity index (χ2n) is 7.01. The SMILES string of the molecule is C=C(C)C(=O)OCCCC(CCCCCCCCC)C(OCC)OCC. The van der Waals surface area contributed by atoms with Gasteiger partial charge < -0.3 is 14.2 Å². The lowest BCUT2D eigenvalue weighted by Gasteiger charge is -2.27. The molecule has 0 aliphatic rings. The molecule has 1 unspecified atom stereocenters. The van der Waals surface area contributed by atoms with Crippen molar-refractivity contribution in [3.8, 4) is 0 Å². The first kappa shape index (κ1) is 25.1. The molecule has 0 aliphatic carbocycles. The van der Waals surface area contributed by atoms with E-state index in [4.69, 9.17) is 14.2 Å². The fraction of sp³-hybridized carbons (Fsp3) is 0.864. The summed E-state index contributed by atoms with van der Waals surface area (Å²) in [7, 11) is 0. The van der Waals surface area contributed by atoms with E-state index in [2.05, 4.69) is 13.5 Å². The van der Waals surface area contributed by atoms with Crippen LogP contribution in [0.1, 0.15) is 91.9 Å². The second-order valence-corrected chi connectivity index (χ2v) is 7.01. The molecule has 0 radical (unpaired) electrons. The van der Waals surface area contributed by atoms with Gasteiger partial charge in [0.15, 0.2) is 6.29 Å². The van der Waals surface area contributed by atoms with Crippen LogP contribution in [0.3, 0.4) is 0 Å². The number of hydrogen-bond donors (Lipinski definition) is 0.